The highest BCUT2D eigenvalue weighted by atomic mass is 16.2. The van der Waals surface area contributed by atoms with Crippen molar-refractivity contribution in [1.82, 2.24) is 15.8 Å². The highest BCUT2D eigenvalue weighted by Gasteiger charge is 2.48. The molecule has 0 radical (unpaired) electrons. The lowest BCUT2D eigenvalue weighted by Gasteiger charge is -2.22. The van der Waals surface area contributed by atoms with Crippen LogP contribution < -0.4 is 10.7 Å². The number of benzene rings is 2. The summed E-state index contributed by atoms with van der Waals surface area (Å²) in [5.74, 6) is -0.890. The second-order valence-electron chi connectivity index (χ2n) is 8.02. The zero-order valence-corrected chi connectivity index (χ0v) is 16.5. The summed E-state index contributed by atoms with van der Waals surface area (Å²) >= 11 is 0. The molecule has 2 aromatic carbocycles. The molecule has 1 aliphatic heterocycles. The van der Waals surface area contributed by atoms with Crippen LogP contribution in [0.25, 0.3) is 0 Å². The van der Waals surface area contributed by atoms with Gasteiger partial charge in [-0.3, -0.25) is 15.0 Å². The quantitative estimate of drug-likeness (QED) is 0.769. The number of carbonyl (C=O) groups excluding carboxylic acids is 3. The first-order valence-electron chi connectivity index (χ1n) is 10.1. The van der Waals surface area contributed by atoms with E-state index >= 15 is 0 Å². The molecule has 1 atom stereocenters. The Bertz CT molecular complexity index is 957. The van der Waals surface area contributed by atoms with Crippen molar-refractivity contribution < 1.29 is 14.4 Å². The van der Waals surface area contributed by atoms with Crippen LogP contribution in [-0.4, -0.2) is 28.4 Å². The number of nitrogens with one attached hydrogen (secondary N) is 2. The molecule has 1 saturated heterocycles. The van der Waals surface area contributed by atoms with E-state index in [4.69, 9.17) is 0 Å². The number of carbonyl (C=O) groups is 3. The van der Waals surface area contributed by atoms with Gasteiger partial charge in [-0.2, -0.15) is 5.01 Å². The van der Waals surface area contributed by atoms with Gasteiger partial charge < -0.3 is 5.32 Å². The molecule has 1 fully saturated rings. The second kappa shape index (κ2) is 7.70. The zero-order valence-electron chi connectivity index (χ0n) is 16.5. The van der Waals surface area contributed by atoms with E-state index in [1.54, 1.807) is 13.0 Å². The third-order valence-corrected chi connectivity index (χ3v) is 5.84. The van der Waals surface area contributed by atoms with E-state index in [-0.39, 0.29) is 0 Å². The van der Waals surface area contributed by atoms with E-state index in [1.165, 1.54) is 17.5 Å². The number of rotatable bonds is 5. The number of hydrogen-bond acceptors (Lipinski definition) is 3. The van der Waals surface area contributed by atoms with Crippen molar-refractivity contribution in [3.63, 3.8) is 0 Å². The number of fused-ring (bicyclic) bond motifs is 1. The monoisotopic (exact) mass is 391 g/mol. The molecule has 0 saturated carbocycles. The highest BCUT2D eigenvalue weighted by molar-refractivity contribution is 6.09. The lowest BCUT2D eigenvalue weighted by atomic mass is 9.90. The minimum Gasteiger partial charge on any atom is -0.322 e. The number of imide groups is 1. The summed E-state index contributed by atoms with van der Waals surface area (Å²) < 4.78 is 0. The van der Waals surface area contributed by atoms with Crippen LogP contribution in [0.1, 0.15) is 53.2 Å². The summed E-state index contributed by atoms with van der Waals surface area (Å²) in [4.78, 5) is 38.0. The normalized spacial score (nSPS) is 20.9. The van der Waals surface area contributed by atoms with Gasteiger partial charge in [-0.1, -0.05) is 36.4 Å². The minimum atomic E-state index is -1.05. The van der Waals surface area contributed by atoms with Crippen molar-refractivity contribution in [3.8, 4) is 0 Å². The van der Waals surface area contributed by atoms with Crippen LogP contribution in [0.15, 0.2) is 48.5 Å². The fourth-order valence-corrected chi connectivity index (χ4v) is 4.04. The van der Waals surface area contributed by atoms with Crippen molar-refractivity contribution in [2.75, 3.05) is 0 Å². The van der Waals surface area contributed by atoms with Crippen LogP contribution in [-0.2, 0) is 24.1 Å². The molecule has 6 nitrogen and oxygen atoms in total. The lowest BCUT2D eigenvalue weighted by Crippen LogP contribution is -2.49. The largest absolute Gasteiger partial charge is 0.344 e. The molecule has 1 aliphatic carbocycles. The van der Waals surface area contributed by atoms with E-state index in [0.29, 0.717) is 18.4 Å². The molecule has 0 bridgehead atoms. The average molecular weight is 391 g/mol. The van der Waals surface area contributed by atoms with Gasteiger partial charge in [0.1, 0.15) is 5.54 Å². The molecule has 4 amide bonds. The van der Waals surface area contributed by atoms with Gasteiger partial charge in [-0.15, -0.1) is 0 Å². The Morgan fingerprint density at radius 1 is 1.07 bits per heavy atom. The Morgan fingerprint density at radius 3 is 2.55 bits per heavy atom. The Morgan fingerprint density at radius 2 is 1.79 bits per heavy atom. The van der Waals surface area contributed by atoms with Crippen LogP contribution >= 0.6 is 0 Å². The van der Waals surface area contributed by atoms with Crippen LogP contribution in [0.3, 0.4) is 0 Å². The van der Waals surface area contributed by atoms with Gasteiger partial charge in [0.25, 0.3) is 11.8 Å². The maximum Gasteiger partial charge on any atom is 0.344 e. The van der Waals surface area contributed by atoms with Gasteiger partial charge in [-0.25, -0.2) is 4.79 Å². The van der Waals surface area contributed by atoms with Gasteiger partial charge in [0, 0.05) is 5.56 Å². The second-order valence-corrected chi connectivity index (χ2v) is 8.02. The number of nitrogens with zero attached hydrogens (tertiary/aromatic N) is 1. The fraction of sp³-hybridized carbons (Fsp3) is 0.348. The van der Waals surface area contributed by atoms with E-state index < -0.39 is 23.4 Å². The van der Waals surface area contributed by atoms with Crippen LogP contribution in [0.2, 0.25) is 0 Å². The van der Waals surface area contributed by atoms with Crippen LogP contribution in [0.4, 0.5) is 4.79 Å². The molecular weight excluding hydrogens is 366 g/mol. The smallest absolute Gasteiger partial charge is 0.322 e. The molecule has 2 N–H and O–H groups in total. The Labute approximate surface area is 170 Å². The molecule has 1 heterocycles. The fourth-order valence-electron chi connectivity index (χ4n) is 4.04. The number of amides is 4. The maximum atomic E-state index is 12.9. The molecule has 2 aliphatic rings. The summed E-state index contributed by atoms with van der Waals surface area (Å²) in [6.45, 7) is 1.70. The number of urea groups is 1. The minimum absolute atomic E-state index is 0.440. The van der Waals surface area contributed by atoms with Gasteiger partial charge >= 0.3 is 6.03 Å². The molecule has 4 rings (SSSR count). The number of hydrogen-bond donors (Lipinski definition) is 2. The van der Waals surface area contributed by atoms with Gasteiger partial charge in [0.15, 0.2) is 0 Å². The van der Waals surface area contributed by atoms with Gasteiger partial charge in [0.05, 0.1) is 0 Å². The number of hydrazine groups is 1. The molecule has 150 valence electrons. The van der Waals surface area contributed by atoms with E-state index in [1.807, 2.05) is 42.5 Å². The molecule has 2 aromatic rings. The van der Waals surface area contributed by atoms with E-state index in [9.17, 15) is 14.4 Å². The topological polar surface area (TPSA) is 78.5 Å². The molecule has 0 spiro atoms. The van der Waals surface area contributed by atoms with Crippen LogP contribution in [0.5, 0.6) is 0 Å². The Kier molecular flexibility index (Phi) is 5.09. The van der Waals surface area contributed by atoms with Crippen molar-refractivity contribution >= 4 is 17.8 Å². The third-order valence-electron chi connectivity index (χ3n) is 5.84. The van der Waals surface area contributed by atoms with E-state index in [0.717, 1.165) is 29.8 Å². The molecule has 0 aromatic heterocycles. The standard InChI is InChI=1S/C23H25N3O3/c1-23(14-13-16-7-3-2-4-8-16)21(28)26(22(29)24-23)25-20(27)19-12-11-17-9-5-6-10-18(17)15-19/h2-4,7-8,11-12,15H,5-6,9-10,13-14H2,1H3,(H,24,29)(H,25,27). The van der Waals surface area contributed by atoms with Gasteiger partial charge in [-0.05, 0) is 74.3 Å². The lowest BCUT2D eigenvalue weighted by molar-refractivity contribution is -0.132. The molecule has 29 heavy (non-hydrogen) atoms. The first-order valence-corrected chi connectivity index (χ1v) is 10.1. The first-order chi connectivity index (χ1) is 14.0. The Balaban J connectivity index is 1.44. The average Bonchev–Trinajstić information content (AvgIpc) is 2.96. The summed E-state index contributed by atoms with van der Waals surface area (Å²) in [5, 5.41) is 3.54. The third kappa shape index (κ3) is 3.88. The zero-order chi connectivity index (χ0) is 20.4. The van der Waals surface area contributed by atoms with Gasteiger partial charge in [0.2, 0.25) is 0 Å². The van der Waals surface area contributed by atoms with Crippen LogP contribution in [0, 0.1) is 0 Å². The maximum absolute atomic E-state index is 12.9. The van der Waals surface area contributed by atoms with Crippen molar-refractivity contribution in [1.29, 1.82) is 0 Å². The summed E-state index contributed by atoms with van der Waals surface area (Å²) in [6, 6.07) is 14.8. The predicted molar refractivity (Wildman–Crippen MR) is 109 cm³/mol. The number of aryl methyl sites for hydroxylation is 3. The highest BCUT2D eigenvalue weighted by Crippen LogP contribution is 2.24. The van der Waals surface area contributed by atoms with Crippen molar-refractivity contribution in [2.45, 2.75) is 51.0 Å². The Hall–Kier alpha value is -3.15. The molecule has 1 unspecified atom stereocenters. The van der Waals surface area contributed by atoms with Crippen molar-refractivity contribution in [2.24, 2.45) is 0 Å². The first kappa shape index (κ1) is 19.2. The van der Waals surface area contributed by atoms with E-state index in [2.05, 4.69) is 10.7 Å². The van der Waals surface area contributed by atoms with Crippen molar-refractivity contribution in [3.05, 3.63) is 70.8 Å². The SMILES string of the molecule is CC1(CCc2ccccc2)NC(=O)N(NC(=O)c2ccc3c(c2)CCCC3)C1=O. The summed E-state index contributed by atoms with van der Waals surface area (Å²) in [6.07, 6.45) is 5.37. The summed E-state index contributed by atoms with van der Waals surface area (Å²) in [5.41, 5.74) is 5.44. The summed E-state index contributed by atoms with van der Waals surface area (Å²) in [7, 11) is 0. The molecule has 6 heteroatoms. The molecular formula is C23H25N3O3. The predicted octanol–water partition coefficient (Wildman–Crippen LogP) is 3.15.